The molecule has 2 aromatic carbocycles. The minimum Gasteiger partial charge on any atom is -0.369 e. The molecule has 2 aromatic rings. The lowest BCUT2D eigenvalue weighted by molar-refractivity contribution is -0.897. The third-order valence-corrected chi connectivity index (χ3v) is 4.60. The van der Waals surface area contributed by atoms with Crippen LogP contribution in [0.2, 0.25) is 0 Å². The molecule has 3 rings (SSSR count). The van der Waals surface area contributed by atoms with Crippen LogP contribution in [-0.2, 0) is 5.60 Å². The van der Waals surface area contributed by atoms with Gasteiger partial charge in [-0.1, -0.05) is 48.4 Å². The zero-order valence-corrected chi connectivity index (χ0v) is 13.8. The van der Waals surface area contributed by atoms with Gasteiger partial charge in [0.05, 0.1) is 13.1 Å². The van der Waals surface area contributed by atoms with Gasteiger partial charge in [-0.05, 0) is 37.3 Å². The molecule has 0 radical (unpaired) electrons. The van der Waals surface area contributed by atoms with Crippen molar-refractivity contribution in [2.75, 3.05) is 19.6 Å². The average Bonchev–Trinajstić information content (AvgIpc) is 2.63. The number of rotatable bonds is 3. The molecule has 1 atom stereocenters. The molecule has 0 saturated carbocycles. The van der Waals surface area contributed by atoms with E-state index in [1.54, 1.807) is 12.1 Å². The molecular formula is C21H23FNO+. The first kappa shape index (κ1) is 16.7. The fourth-order valence-electron chi connectivity index (χ4n) is 3.23. The fourth-order valence-corrected chi connectivity index (χ4v) is 3.23. The number of benzene rings is 2. The summed E-state index contributed by atoms with van der Waals surface area (Å²) in [6.45, 7) is 2.99. The van der Waals surface area contributed by atoms with Crippen molar-refractivity contribution in [3.8, 4) is 11.8 Å². The molecular weight excluding hydrogens is 301 g/mol. The number of piperidine rings is 1. The maximum Gasteiger partial charge on any atom is 0.177 e. The van der Waals surface area contributed by atoms with E-state index in [1.165, 1.54) is 36.3 Å². The largest absolute Gasteiger partial charge is 0.369 e. The van der Waals surface area contributed by atoms with Crippen molar-refractivity contribution in [3.63, 3.8) is 0 Å². The monoisotopic (exact) mass is 324 g/mol. The number of likely N-dealkylation sites (tertiary alicyclic amines) is 1. The molecule has 1 aliphatic rings. The topological polar surface area (TPSA) is 24.7 Å². The standard InChI is InChI=1S/C21H22FNO/c22-20-12-7-11-19(17-20)21(24,18-9-3-1-4-10-18)13-8-16-23-14-5-2-6-15-23/h1,3-4,7,9-12,17,24H,2,5-6,14-16H2/p+1/t21-/m1/s1. The summed E-state index contributed by atoms with van der Waals surface area (Å²) in [5, 5.41) is 11.3. The number of hydrogen-bond donors (Lipinski definition) is 2. The van der Waals surface area contributed by atoms with E-state index in [2.05, 4.69) is 11.8 Å². The van der Waals surface area contributed by atoms with Gasteiger partial charge in [0.2, 0.25) is 0 Å². The van der Waals surface area contributed by atoms with Gasteiger partial charge in [0.1, 0.15) is 12.4 Å². The number of nitrogens with one attached hydrogen (secondary N) is 1. The first-order chi connectivity index (χ1) is 11.7. The Balaban J connectivity index is 1.91. The van der Waals surface area contributed by atoms with Gasteiger partial charge < -0.3 is 10.0 Å². The third kappa shape index (κ3) is 3.84. The van der Waals surface area contributed by atoms with Gasteiger partial charge in [-0.3, -0.25) is 0 Å². The summed E-state index contributed by atoms with van der Waals surface area (Å²) >= 11 is 0. The highest BCUT2D eigenvalue weighted by Crippen LogP contribution is 2.29. The Morgan fingerprint density at radius 3 is 2.38 bits per heavy atom. The van der Waals surface area contributed by atoms with Crippen molar-refractivity contribution in [1.29, 1.82) is 0 Å². The first-order valence-corrected chi connectivity index (χ1v) is 8.56. The van der Waals surface area contributed by atoms with Gasteiger partial charge in [0.15, 0.2) is 5.60 Å². The summed E-state index contributed by atoms with van der Waals surface area (Å²) in [4.78, 5) is 1.46. The van der Waals surface area contributed by atoms with Crippen LogP contribution in [0.5, 0.6) is 0 Å². The molecule has 1 aliphatic heterocycles. The maximum atomic E-state index is 13.7. The molecule has 0 bridgehead atoms. The second-order valence-electron chi connectivity index (χ2n) is 6.38. The maximum absolute atomic E-state index is 13.7. The summed E-state index contributed by atoms with van der Waals surface area (Å²) in [6, 6.07) is 15.3. The molecule has 1 heterocycles. The third-order valence-electron chi connectivity index (χ3n) is 4.60. The van der Waals surface area contributed by atoms with E-state index >= 15 is 0 Å². The highest BCUT2D eigenvalue weighted by molar-refractivity contribution is 5.44. The summed E-state index contributed by atoms with van der Waals surface area (Å²) < 4.78 is 13.7. The minimum atomic E-state index is -1.49. The molecule has 24 heavy (non-hydrogen) atoms. The quantitative estimate of drug-likeness (QED) is 0.831. The Kier molecular flexibility index (Phi) is 5.30. The number of aliphatic hydroxyl groups is 1. The van der Waals surface area contributed by atoms with Crippen molar-refractivity contribution in [3.05, 3.63) is 71.5 Å². The van der Waals surface area contributed by atoms with Crippen molar-refractivity contribution in [2.24, 2.45) is 0 Å². The zero-order chi connectivity index (χ0) is 16.8. The van der Waals surface area contributed by atoms with Gasteiger partial charge in [-0.15, -0.1) is 0 Å². The molecule has 0 aromatic heterocycles. The van der Waals surface area contributed by atoms with Gasteiger partial charge in [0, 0.05) is 11.1 Å². The van der Waals surface area contributed by atoms with Gasteiger partial charge >= 0.3 is 0 Å². The number of halogens is 1. The Hall–Kier alpha value is -2.15. The van der Waals surface area contributed by atoms with Crippen LogP contribution >= 0.6 is 0 Å². The molecule has 2 nitrogen and oxygen atoms in total. The van der Waals surface area contributed by atoms with Crippen LogP contribution in [0.1, 0.15) is 30.4 Å². The normalized spacial score (nSPS) is 17.6. The SMILES string of the molecule is O[C@](C#CC[NH+]1CCCCC1)(c1ccccc1)c1cccc(F)c1. The van der Waals surface area contributed by atoms with E-state index in [-0.39, 0.29) is 5.82 Å². The van der Waals surface area contributed by atoms with Crippen LogP contribution in [-0.4, -0.2) is 24.7 Å². The molecule has 3 heteroatoms. The zero-order valence-electron chi connectivity index (χ0n) is 13.8. The summed E-state index contributed by atoms with van der Waals surface area (Å²) in [6.07, 6.45) is 3.78. The smallest absolute Gasteiger partial charge is 0.177 e. The van der Waals surface area contributed by atoms with Crippen molar-refractivity contribution in [1.82, 2.24) is 0 Å². The van der Waals surface area contributed by atoms with Gasteiger partial charge in [-0.25, -0.2) is 4.39 Å². The minimum absolute atomic E-state index is 0.370. The summed E-state index contributed by atoms with van der Waals surface area (Å²) in [7, 11) is 0. The molecule has 124 valence electrons. The number of quaternary nitrogens is 1. The van der Waals surface area contributed by atoms with Crippen LogP contribution in [0, 0.1) is 17.7 Å². The molecule has 0 amide bonds. The Bertz CT molecular complexity index is 728. The molecule has 0 unspecified atom stereocenters. The van der Waals surface area contributed by atoms with Crippen molar-refractivity contribution >= 4 is 0 Å². The van der Waals surface area contributed by atoms with E-state index in [1.807, 2.05) is 30.3 Å². The predicted molar refractivity (Wildman–Crippen MR) is 93.0 cm³/mol. The summed E-state index contributed by atoms with van der Waals surface area (Å²) in [5.41, 5.74) is -0.356. The van der Waals surface area contributed by atoms with E-state index in [4.69, 9.17) is 0 Å². The predicted octanol–water partition coefficient (Wildman–Crippen LogP) is 2.13. The van der Waals surface area contributed by atoms with E-state index in [9.17, 15) is 9.50 Å². The molecule has 1 saturated heterocycles. The van der Waals surface area contributed by atoms with Gasteiger partial charge in [0.25, 0.3) is 0 Å². The molecule has 0 spiro atoms. The highest BCUT2D eigenvalue weighted by Gasteiger charge is 2.29. The molecule has 2 N–H and O–H groups in total. The average molecular weight is 324 g/mol. The van der Waals surface area contributed by atoms with Crippen molar-refractivity contribution < 1.29 is 14.4 Å². The lowest BCUT2D eigenvalue weighted by atomic mass is 9.87. The fraction of sp³-hybridized carbons (Fsp3) is 0.333. The Morgan fingerprint density at radius 2 is 1.67 bits per heavy atom. The Morgan fingerprint density at radius 1 is 0.958 bits per heavy atom. The van der Waals surface area contributed by atoms with Crippen LogP contribution in [0.25, 0.3) is 0 Å². The second-order valence-corrected chi connectivity index (χ2v) is 6.38. The highest BCUT2D eigenvalue weighted by atomic mass is 19.1. The van der Waals surface area contributed by atoms with Crippen molar-refractivity contribution in [2.45, 2.75) is 24.9 Å². The molecule has 1 fully saturated rings. The Labute approximate surface area is 142 Å². The first-order valence-electron chi connectivity index (χ1n) is 8.56. The van der Waals surface area contributed by atoms with E-state index < -0.39 is 5.60 Å². The summed E-state index contributed by atoms with van der Waals surface area (Å²) in [5.74, 6) is 5.80. The molecule has 0 aliphatic carbocycles. The second kappa shape index (κ2) is 7.61. The van der Waals surface area contributed by atoms with Crippen LogP contribution in [0.15, 0.2) is 54.6 Å². The van der Waals surface area contributed by atoms with Gasteiger partial charge in [-0.2, -0.15) is 0 Å². The number of hydrogen-bond acceptors (Lipinski definition) is 1. The lowest BCUT2D eigenvalue weighted by Crippen LogP contribution is -3.12. The van der Waals surface area contributed by atoms with E-state index in [0.717, 1.165) is 13.1 Å². The lowest BCUT2D eigenvalue weighted by Gasteiger charge is -2.24. The van der Waals surface area contributed by atoms with Crippen LogP contribution in [0.4, 0.5) is 4.39 Å². The van der Waals surface area contributed by atoms with Crippen LogP contribution in [0.3, 0.4) is 0 Å². The van der Waals surface area contributed by atoms with E-state index in [0.29, 0.717) is 17.7 Å². The van der Waals surface area contributed by atoms with Crippen LogP contribution < -0.4 is 4.90 Å².